The van der Waals surface area contributed by atoms with Gasteiger partial charge in [0.25, 0.3) is 0 Å². The molecule has 2 rings (SSSR count). The smallest absolute Gasteiger partial charge is 0.134 e. The number of thiophene rings is 1. The molecular formula is C11H11Cl2NOS. The Morgan fingerprint density at radius 3 is 2.56 bits per heavy atom. The van der Waals surface area contributed by atoms with Gasteiger partial charge < -0.3 is 10.8 Å². The van der Waals surface area contributed by atoms with Crippen LogP contribution < -0.4 is 5.73 Å². The zero-order valence-electron chi connectivity index (χ0n) is 8.26. The molecular weight excluding hydrogens is 265 g/mol. The van der Waals surface area contributed by atoms with E-state index >= 15 is 0 Å². The summed E-state index contributed by atoms with van der Waals surface area (Å²) in [5, 5.41) is 13.6. The molecule has 86 valence electrons. The average Bonchev–Trinajstić information content (AvgIpc) is 2.74. The van der Waals surface area contributed by atoms with Crippen LogP contribution >= 0.6 is 35.3 Å². The Balaban J connectivity index is 0.00000128. The Morgan fingerprint density at radius 2 is 2.00 bits per heavy atom. The molecule has 0 spiro atoms. The Labute approximate surface area is 109 Å². The topological polar surface area (TPSA) is 46.2 Å². The molecule has 0 aliphatic rings. The lowest BCUT2D eigenvalue weighted by Gasteiger charge is -2.11. The number of hydrogen-bond acceptors (Lipinski definition) is 3. The summed E-state index contributed by atoms with van der Waals surface area (Å²) in [5.74, 6) is 0.0814. The van der Waals surface area contributed by atoms with Crippen LogP contribution in [0.3, 0.4) is 0 Å². The fraction of sp³-hybridized carbons (Fsp3) is 0.0909. The highest BCUT2D eigenvalue weighted by molar-refractivity contribution is 7.08. The molecule has 0 unspecified atom stereocenters. The normalized spacial score (nSPS) is 11.9. The van der Waals surface area contributed by atoms with E-state index in [9.17, 15) is 5.11 Å². The van der Waals surface area contributed by atoms with Crippen molar-refractivity contribution in [2.45, 2.75) is 6.04 Å². The maximum absolute atomic E-state index is 9.29. The first-order valence-corrected chi connectivity index (χ1v) is 5.76. The van der Waals surface area contributed by atoms with Crippen molar-refractivity contribution >= 4 is 35.3 Å². The van der Waals surface area contributed by atoms with E-state index in [1.807, 2.05) is 16.8 Å². The van der Waals surface area contributed by atoms with Gasteiger partial charge in [-0.25, -0.2) is 0 Å². The predicted octanol–water partition coefficient (Wildman–Crippen LogP) is 3.58. The van der Waals surface area contributed by atoms with Gasteiger partial charge in [0.1, 0.15) is 5.75 Å². The minimum atomic E-state index is -0.186. The van der Waals surface area contributed by atoms with Crippen LogP contribution in [0.4, 0.5) is 0 Å². The van der Waals surface area contributed by atoms with Gasteiger partial charge in [0.05, 0.1) is 11.1 Å². The molecule has 1 atom stereocenters. The third-order valence-corrected chi connectivity index (χ3v) is 3.24. The molecule has 1 aromatic heterocycles. The highest BCUT2D eigenvalue weighted by Crippen LogP contribution is 2.28. The molecule has 2 aromatic rings. The predicted molar refractivity (Wildman–Crippen MR) is 70.7 cm³/mol. The van der Waals surface area contributed by atoms with Crippen molar-refractivity contribution in [1.29, 1.82) is 0 Å². The first-order chi connectivity index (χ1) is 7.18. The van der Waals surface area contributed by atoms with E-state index in [4.69, 9.17) is 17.3 Å². The molecule has 0 saturated heterocycles. The van der Waals surface area contributed by atoms with Crippen molar-refractivity contribution < 1.29 is 5.11 Å². The summed E-state index contributed by atoms with van der Waals surface area (Å²) in [4.78, 5) is 0. The third kappa shape index (κ3) is 2.68. The van der Waals surface area contributed by atoms with Crippen LogP contribution in [0, 0.1) is 0 Å². The number of phenols is 1. The maximum atomic E-state index is 9.29. The number of phenolic OH excluding ortho intramolecular Hbond substituents is 1. The van der Waals surface area contributed by atoms with Crippen molar-refractivity contribution in [3.05, 3.63) is 51.2 Å². The van der Waals surface area contributed by atoms with Crippen molar-refractivity contribution in [2.75, 3.05) is 0 Å². The molecule has 0 aliphatic carbocycles. The summed E-state index contributed by atoms with van der Waals surface area (Å²) in [7, 11) is 0. The van der Waals surface area contributed by atoms with E-state index < -0.39 is 0 Å². The number of halogens is 2. The van der Waals surface area contributed by atoms with E-state index in [2.05, 4.69) is 0 Å². The van der Waals surface area contributed by atoms with Gasteiger partial charge in [-0.15, -0.1) is 12.4 Å². The summed E-state index contributed by atoms with van der Waals surface area (Å²) in [6, 6.07) is 6.83. The first kappa shape index (κ1) is 13.3. The number of benzene rings is 1. The molecule has 2 nitrogen and oxygen atoms in total. The summed E-state index contributed by atoms with van der Waals surface area (Å²) < 4.78 is 0. The Kier molecular flexibility index (Phi) is 4.62. The standard InChI is InChI=1S/C11H10ClNOS.ClH/c12-9-5-7(1-2-10(9)14)11(13)8-3-4-15-6-8;/h1-6,11,14H,13H2;1H/t11-;/m1./s1. The van der Waals surface area contributed by atoms with Crippen molar-refractivity contribution in [3.63, 3.8) is 0 Å². The van der Waals surface area contributed by atoms with Crippen LogP contribution in [0.25, 0.3) is 0 Å². The van der Waals surface area contributed by atoms with Crippen LogP contribution in [0.5, 0.6) is 5.75 Å². The largest absolute Gasteiger partial charge is 0.506 e. The highest BCUT2D eigenvalue weighted by Gasteiger charge is 2.10. The molecule has 16 heavy (non-hydrogen) atoms. The molecule has 1 aromatic carbocycles. The molecule has 0 bridgehead atoms. The number of rotatable bonds is 2. The summed E-state index contributed by atoms with van der Waals surface area (Å²) in [6.07, 6.45) is 0. The maximum Gasteiger partial charge on any atom is 0.134 e. The molecule has 0 amide bonds. The van der Waals surface area contributed by atoms with Crippen molar-refractivity contribution in [3.8, 4) is 5.75 Å². The van der Waals surface area contributed by atoms with Gasteiger partial charge in [-0.3, -0.25) is 0 Å². The summed E-state index contributed by atoms with van der Waals surface area (Å²) in [5.41, 5.74) is 8.00. The van der Waals surface area contributed by atoms with E-state index in [0.717, 1.165) is 11.1 Å². The van der Waals surface area contributed by atoms with Gasteiger partial charge in [-0.1, -0.05) is 17.7 Å². The van der Waals surface area contributed by atoms with E-state index in [1.54, 1.807) is 29.5 Å². The molecule has 0 saturated carbocycles. The zero-order chi connectivity index (χ0) is 10.8. The lowest BCUT2D eigenvalue weighted by Crippen LogP contribution is -2.10. The lowest BCUT2D eigenvalue weighted by molar-refractivity contribution is 0.475. The second-order valence-electron chi connectivity index (χ2n) is 3.25. The second kappa shape index (κ2) is 5.55. The minimum Gasteiger partial charge on any atom is -0.506 e. The van der Waals surface area contributed by atoms with Gasteiger partial charge in [0.15, 0.2) is 0 Å². The van der Waals surface area contributed by atoms with Gasteiger partial charge in [-0.2, -0.15) is 11.3 Å². The molecule has 1 heterocycles. The zero-order valence-corrected chi connectivity index (χ0v) is 10.6. The van der Waals surface area contributed by atoms with Crippen LogP contribution in [0.1, 0.15) is 17.2 Å². The summed E-state index contributed by atoms with van der Waals surface area (Å²) >= 11 is 7.42. The van der Waals surface area contributed by atoms with Crippen LogP contribution in [-0.4, -0.2) is 5.11 Å². The number of nitrogens with two attached hydrogens (primary N) is 1. The van der Waals surface area contributed by atoms with Crippen molar-refractivity contribution in [2.24, 2.45) is 5.73 Å². The van der Waals surface area contributed by atoms with E-state index in [-0.39, 0.29) is 24.2 Å². The highest BCUT2D eigenvalue weighted by atomic mass is 35.5. The van der Waals surface area contributed by atoms with Gasteiger partial charge >= 0.3 is 0 Å². The lowest BCUT2D eigenvalue weighted by atomic mass is 10.0. The quantitative estimate of drug-likeness (QED) is 0.880. The minimum absolute atomic E-state index is 0. The SMILES string of the molecule is Cl.N[C@@H](c1ccsc1)c1ccc(O)c(Cl)c1. The fourth-order valence-electron chi connectivity index (χ4n) is 1.36. The second-order valence-corrected chi connectivity index (χ2v) is 4.43. The monoisotopic (exact) mass is 275 g/mol. The Morgan fingerprint density at radius 1 is 1.25 bits per heavy atom. The van der Waals surface area contributed by atoms with Gasteiger partial charge in [0.2, 0.25) is 0 Å². The van der Waals surface area contributed by atoms with Crippen LogP contribution in [-0.2, 0) is 0 Å². The molecule has 0 fully saturated rings. The van der Waals surface area contributed by atoms with E-state index in [0.29, 0.717) is 5.02 Å². The molecule has 0 radical (unpaired) electrons. The van der Waals surface area contributed by atoms with E-state index in [1.165, 1.54) is 0 Å². The Hall–Kier alpha value is -0.740. The molecule has 3 N–H and O–H groups in total. The number of hydrogen-bond donors (Lipinski definition) is 2. The fourth-order valence-corrected chi connectivity index (χ4v) is 2.25. The number of aromatic hydroxyl groups is 1. The average molecular weight is 276 g/mol. The van der Waals surface area contributed by atoms with Crippen LogP contribution in [0.2, 0.25) is 5.02 Å². The van der Waals surface area contributed by atoms with Gasteiger partial charge in [-0.05, 0) is 40.1 Å². The molecule has 5 heteroatoms. The first-order valence-electron chi connectivity index (χ1n) is 4.44. The van der Waals surface area contributed by atoms with Gasteiger partial charge in [0, 0.05) is 0 Å². The van der Waals surface area contributed by atoms with Crippen molar-refractivity contribution in [1.82, 2.24) is 0 Å². The molecule has 0 aliphatic heterocycles. The van der Waals surface area contributed by atoms with Crippen LogP contribution in [0.15, 0.2) is 35.0 Å². The Bertz CT molecular complexity index is 459. The summed E-state index contributed by atoms with van der Waals surface area (Å²) in [6.45, 7) is 0. The third-order valence-electron chi connectivity index (χ3n) is 2.23.